The van der Waals surface area contributed by atoms with Gasteiger partial charge in [-0.3, -0.25) is 4.79 Å². The van der Waals surface area contributed by atoms with Crippen LogP contribution in [0.25, 0.3) is 0 Å². The Hall–Kier alpha value is -2.29. The predicted molar refractivity (Wildman–Crippen MR) is 69.9 cm³/mol. The van der Waals surface area contributed by atoms with Crippen molar-refractivity contribution in [1.82, 2.24) is 0 Å². The van der Waals surface area contributed by atoms with Gasteiger partial charge in [-0.1, -0.05) is 12.1 Å². The Labute approximate surface area is 100 Å². The third kappa shape index (κ3) is 2.28. The molecule has 2 rings (SSSR count). The number of aryl methyl sites for hydroxylation is 1. The number of carbonyl (C=O) groups is 1. The molecule has 0 aromatic heterocycles. The van der Waals surface area contributed by atoms with Crippen molar-refractivity contribution in [1.29, 1.82) is 0 Å². The fourth-order valence-electron chi connectivity index (χ4n) is 1.78. The highest BCUT2D eigenvalue weighted by atomic mass is 16.1. The minimum Gasteiger partial charge on any atom is -0.399 e. The van der Waals surface area contributed by atoms with E-state index in [1.54, 1.807) is 42.5 Å². The first kappa shape index (κ1) is 11.2. The quantitative estimate of drug-likeness (QED) is 0.610. The Morgan fingerprint density at radius 3 is 2.35 bits per heavy atom. The van der Waals surface area contributed by atoms with Crippen molar-refractivity contribution in [3.63, 3.8) is 0 Å². The van der Waals surface area contributed by atoms with E-state index in [2.05, 4.69) is 0 Å². The molecule has 0 atom stereocenters. The first-order valence-corrected chi connectivity index (χ1v) is 5.34. The Bertz CT molecular complexity index is 576. The van der Waals surface area contributed by atoms with E-state index in [0.717, 1.165) is 5.56 Å². The van der Waals surface area contributed by atoms with Crippen LogP contribution >= 0.6 is 0 Å². The second kappa shape index (κ2) is 4.29. The van der Waals surface area contributed by atoms with E-state index in [9.17, 15) is 4.79 Å². The van der Waals surface area contributed by atoms with Crippen LogP contribution in [0.3, 0.4) is 0 Å². The molecule has 0 amide bonds. The number of carbonyl (C=O) groups excluding carboxylic acids is 1. The Balaban J connectivity index is 2.44. The zero-order valence-electron chi connectivity index (χ0n) is 9.60. The number of nitrogen functional groups attached to an aromatic ring is 2. The number of nitrogens with two attached hydrogens (primary N) is 2. The van der Waals surface area contributed by atoms with Crippen LogP contribution in [0.4, 0.5) is 11.4 Å². The van der Waals surface area contributed by atoms with Gasteiger partial charge in [0.2, 0.25) is 0 Å². The molecule has 0 fully saturated rings. The van der Waals surface area contributed by atoms with Gasteiger partial charge in [0.25, 0.3) is 0 Å². The summed E-state index contributed by atoms with van der Waals surface area (Å²) in [6.45, 7) is 1.87. The molecule has 3 heteroatoms. The lowest BCUT2D eigenvalue weighted by Gasteiger charge is -2.06. The summed E-state index contributed by atoms with van der Waals surface area (Å²) in [5, 5.41) is 0. The maximum atomic E-state index is 12.2. The average Bonchev–Trinajstić information content (AvgIpc) is 2.28. The van der Waals surface area contributed by atoms with Crippen molar-refractivity contribution in [2.24, 2.45) is 0 Å². The number of ketones is 1. The van der Waals surface area contributed by atoms with E-state index < -0.39 is 0 Å². The van der Waals surface area contributed by atoms with Crippen molar-refractivity contribution in [3.05, 3.63) is 59.2 Å². The summed E-state index contributed by atoms with van der Waals surface area (Å²) < 4.78 is 0. The molecule has 0 heterocycles. The molecule has 0 aliphatic rings. The molecule has 0 aliphatic heterocycles. The van der Waals surface area contributed by atoms with Crippen molar-refractivity contribution in [2.45, 2.75) is 6.92 Å². The molecule has 17 heavy (non-hydrogen) atoms. The molecule has 0 aliphatic carbocycles. The first-order valence-electron chi connectivity index (χ1n) is 5.34. The molecule has 0 spiro atoms. The van der Waals surface area contributed by atoms with Crippen LogP contribution in [0, 0.1) is 6.92 Å². The van der Waals surface area contributed by atoms with Crippen LogP contribution in [0.1, 0.15) is 21.5 Å². The number of hydrogen-bond donors (Lipinski definition) is 2. The predicted octanol–water partition coefficient (Wildman–Crippen LogP) is 2.39. The highest BCUT2D eigenvalue weighted by Crippen LogP contribution is 2.18. The molecule has 0 saturated carbocycles. The molecule has 0 bridgehead atoms. The Morgan fingerprint density at radius 1 is 1.00 bits per heavy atom. The molecular weight excluding hydrogens is 212 g/mol. The van der Waals surface area contributed by atoms with Gasteiger partial charge in [-0.15, -0.1) is 0 Å². The summed E-state index contributed by atoms with van der Waals surface area (Å²) in [5.74, 6) is -0.0326. The van der Waals surface area contributed by atoms with Crippen molar-refractivity contribution < 1.29 is 4.79 Å². The lowest BCUT2D eigenvalue weighted by molar-refractivity contribution is 0.103. The summed E-state index contributed by atoms with van der Waals surface area (Å²) in [5.41, 5.74) is 14.7. The van der Waals surface area contributed by atoms with E-state index in [-0.39, 0.29) is 5.78 Å². The molecule has 0 saturated heterocycles. The zero-order chi connectivity index (χ0) is 12.4. The molecule has 0 unspecified atom stereocenters. The van der Waals surface area contributed by atoms with Gasteiger partial charge in [-0.05, 0) is 42.8 Å². The van der Waals surface area contributed by atoms with Gasteiger partial charge in [0.15, 0.2) is 5.78 Å². The van der Waals surface area contributed by atoms with Gasteiger partial charge in [0, 0.05) is 22.5 Å². The van der Waals surface area contributed by atoms with Gasteiger partial charge in [-0.25, -0.2) is 0 Å². The molecule has 86 valence electrons. The topological polar surface area (TPSA) is 69.1 Å². The van der Waals surface area contributed by atoms with Gasteiger partial charge >= 0.3 is 0 Å². The number of anilines is 2. The standard InChI is InChI=1S/C14H14N2O/c1-9-7-12(16)5-6-13(9)14(17)10-3-2-4-11(15)8-10/h2-8H,15-16H2,1H3. The highest BCUT2D eigenvalue weighted by molar-refractivity contribution is 6.10. The van der Waals surface area contributed by atoms with Crippen LogP contribution in [0.5, 0.6) is 0 Å². The third-order valence-corrected chi connectivity index (χ3v) is 2.64. The fourth-order valence-corrected chi connectivity index (χ4v) is 1.78. The smallest absolute Gasteiger partial charge is 0.193 e. The first-order chi connectivity index (χ1) is 8.08. The van der Waals surface area contributed by atoms with E-state index in [1.807, 2.05) is 6.92 Å². The average molecular weight is 226 g/mol. The van der Waals surface area contributed by atoms with Gasteiger partial charge in [-0.2, -0.15) is 0 Å². The van der Waals surface area contributed by atoms with Gasteiger partial charge in [0.1, 0.15) is 0 Å². The summed E-state index contributed by atoms with van der Waals surface area (Å²) in [7, 11) is 0. The molecule has 4 N–H and O–H groups in total. The summed E-state index contributed by atoms with van der Waals surface area (Å²) >= 11 is 0. The zero-order valence-corrected chi connectivity index (χ0v) is 9.60. The second-order valence-corrected chi connectivity index (χ2v) is 4.03. The maximum absolute atomic E-state index is 12.2. The van der Waals surface area contributed by atoms with Crippen molar-refractivity contribution in [2.75, 3.05) is 11.5 Å². The molecule has 2 aromatic rings. The normalized spacial score (nSPS) is 10.2. The molecule has 3 nitrogen and oxygen atoms in total. The number of rotatable bonds is 2. The monoisotopic (exact) mass is 226 g/mol. The number of hydrogen-bond acceptors (Lipinski definition) is 3. The number of benzene rings is 2. The minimum absolute atomic E-state index is 0.0326. The van der Waals surface area contributed by atoms with Crippen LogP contribution in [0.2, 0.25) is 0 Å². The van der Waals surface area contributed by atoms with Crippen molar-refractivity contribution in [3.8, 4) is 0 Å². The molecule has 0 radical (unpaired) electrons. The highest BCUT2D eigenvalue weighted by Gasteiger charge is 2.11. The summed E-state index contributed by atoms with van der Waals surface area (Å²) in [6.07, 6.45) is 0. The lowest BCUT2D eigenvalue weighted by atomic mass is 9.98. The minimum atomic E-state index is -0.0326. The van der Waals surface area contributed by atoms with Crippen LogP contribution in [-0.4, -0.2) is 5.78 Å². The largest absolute Gasteiger partial charge is 0.399 e. The van der Waals surface area contributed by atoms with Gasteiger partial charge in [0.05, 0.1) is 0 Å². The fraction of sp³-hybridized carbons (Fsp3) is 0.0714. The van der Waals surface area contributed by atoms with E-state index in [1.165, 1.54) is 0 Å². The van der Waals surface area contributed by atoms with E-state index in [4.69, 9.17) is 11.5 Å². The Morgan fingerprint density at radius 2 is 1.71 bits per heavy atom. The van der Waals surface area contributed by atoms with Crippen molar-refractivity contribution >= 4 is 17.2 Å². The Kier molecular flexibility index (Phi) is 2.83. The van der Waals surface area contributed by atoms with E-state index in [0.29, 0.717) is 22.5 Å². The van der Waals surface area contributed by atoms with Gasteiger partial charge < -0.3 is 11.5 Å². The summed E-state index contributed by atoms with van der Waals surface area (Å²) in [4.78, 5) is 12.2. The SMILES string of the molecule is Cc1cc(N)ccc1C(=O)c1cccc(N)c1. The molecular formula is C14H14N2O. The second-order valence-electron chi connectivity index (χ2n) is 4.03. The summed E-state index contributed by atoms with van der Waals surface area (Å²) in [6, 6.07) is 12.2. The third-order valence-electron chi connectivity index (χ3n) is 2.64. The van der Waals surface area contributed by atoms with Crippen LogP contribution in [-0.2, 0) is 0 Å². The van der Waals surface area contributed by atoms with E-state index >= 15 is 0 Å². The lowest BCUT2D eigenvalue weighted by Crippen LogP contribution is -2.04. The van der Waals surface area contributed by atoms with Crippen LogP contribution < -0.4 is 11.5 Å². The molecule has 2 aromatic carbocycles. The van der Waals surface area contributed by atoms with Crippen LogP contribution in [0.15, 0.2) is 42.5 Å². The maximum Gasteiger partial charge on any atom is 0.193 e.